The van der Waals surface area contributed by atoms with Crippen LogP contribution in [0, 0.1) is 0 Å². The fraction of sp³-hybridized carbons (Fsp3) is 0.308. The van der Waals surface area contributed by atoms with Crippen LogP contribution in [0.1, 0.15) is 25.5 Å². The summed E-state index contributed by atoms with van der Waals surface area (Å²) in [5, 5.41) is 24.1. The van der Waals surface area contributed by atoms with E-state index in [1.165, 1.54) is 0 Å². The van der Waals surface area contributed by atoms with Crippen LogP contribution in [0.15, 0.2) is 29.5 Å². The molecule has 1 rings (SSSR count). The smallest absolute Gasteiger partial charge is 0.326 e. The lowest BCUT2D eigenvalue weighted by molar-refractivity contribution is -0.140. The number of hydrazone groups is 1. The lowest BCUT2D eigenvalue weighted by atomic mass is 10.1. The molecule has 1 aromatic heterocycles. The van der Waals surface area contributed by atoms with Crippen LogP contribution in [0.4, 0.5) is 0 Å². The first-order valence-electron chi connectivity index (χ1n) is 6.37. The summed E-state index contributed by atoms with van der Waals surface area (Å²) < 4.78 is 0. The Kier molecular flexibility index (Phi) is 6.90. The van der Waals surface area contributed by atoms with Gasteiger partial charge >= 0.3 is 11.9 Å². The molecule has 0 aliphatic heterocycles. The third kappa shape index (κ3) is 6.27. The van der Waals surface area contributed by atoms with Gasteiger partial charge in [-0.3, -0.25) is 15.2 Å². The van der Waals surface area contributed by atoms with E-state index in [1.807, 2.05) is 6.07 Å². The molecule has 0 aromatic carbocycles. The molecule has 1 heterocycles. The summed E-state index contributed by atoms with van der Waals surface area (Å²) in [5.74, 6) is -2.26. The van der Waals surface area contributed by atoms with Gasteiger partial charge in [-0.05, 0) is 37.7 Å². The minimum atomic E-state index is -1.18. The van der Waals surface area contributed by atoms with Gasteiger partial charge in [0.2, 0.25) is 0 Å². The molecule has 0 aliphatic rings. The summed E-state index contributed by atoms with van der Waals surface area (Å²) >= 11 is 4.94. The van der Waals surface area contributed by atoms with Crippen molar-refractivity contribution in [3.05, 3.63) is 30.1 Å². The standard InChI is InChI=1S/C13H16N4O4S/c1-8(9-4-2-3-7-14-9)16-17-13(22)15-10(12(20)21)5-6-11(18)19/h2-4,7,10H,5-6H2,1H3,(H,18,19)(H,20,21)(H2,15,17,22)/b16-8+. The number of pyridine rings is 1. The molecule has 118 valence electrons. The lowest BCUT2D eigenvalue weighted by Crippen LogP contribution is -2.44. The van der Waals surface area contributed by atoms with E-state index in [4.69, 9.17) is 22.4 Å². The van der Waals surface area contributed by atoms with Crippen LogP contribution >= 0.6 is 12.2 Å². The van der Waals surface area contributed by atoms with Gasteiger partial charge in [-0.1, -0.05) is 6.07 Å². The molecule has 1 aromatic rings. The second-order valence-electron chi connectivity index (χ2n) is 4.32. The molecule has 1 unspecified atom stereocenters. The number of nitrogens with zero attached hydrogens (tertiary/aromatic N) is 2. The topological polar surface area (TPSA) is 124 Å². The van der Waals surface area contributed by atoms with Gasteiger partial charge < -0.3 is 15.5 Å². The Morgan fingerprint density at radius 2 is 2.14 bits per heavy atom. The summed E-state index contributed by atoms with van der Waals surface area (Å²) in [7, 11) is 0. The molecule has 0 fully saturated rings. The molecule has 0 saturated heterocycles. The first-order chi connectivity index (χ1) is 10.4. The first kappa shape index (κ1) is 17.5. The third-order valence-corrected chi connectivity index (χ3v) is 2.82. The van der Waals surface area contributed by atoms with Crippen molar-refractivity contribution in [3.8, 4) is 0 Å². The number of rotatable bonds is 7. The van der Waals surface area contributed by atoms with Gasteiger partial charge in [0.25, 0.3) is 0 Å². The van der Waals surface area contributed by atoms with Crippen molar-refractivity contribution >= 4 is 35.0 Å². The normalized spacial score (nSPS) is 12.3. The fourth-order valence-electron chi connectivity index (χ4n) is 1.48. The van der Waals surface area contributed by atoms with Crippen LogP contribution < -0.4 is 10.7 Å². The number of hydrogen-bond donors (Lipinski definition) is 4. The van der Waals surface area contributed by atoms with Crippen molar-refractivity contribution in [2.24, 2.45) is 5.10 Å². The van der Waals surface area contributed by atoms with Crippen LogP contribution in [0.2, 0.25) is 0 Å². The molecule has 4 N–H and O–H groups in total. The molecule has 0 amide bonds. The number of thiocarbonyl (C=S) groups is 1. The van der Waals surface area contributed by atoms with E-state index in [2.05, 4.69) is 20.8 Å². The SMILES string of the molecule is C/C(=N\NC(=S)NC(CCC(=O)O)C(=O)O)c1ccccn1. The fourth-order valence-corrected chi connectivity index (χ4v) is 1.67. The minimum Gasteiger partial charge on any atom is -0.481 e. The van der Waals surface area contributed by atoms with Gasteiger partial charge in [0.05, 0.1) is 11.4 Å². The van der Waals surface area contributed by atoms with Gasteiger partial charge in [-0.25, -0.2) is 4.79 Å². The Hall–Kier alpha value is -2.55. The second-order valence-corrected chi connectivity index (χ2v) is 4.73. The average Bonchev–Trinajstić information content (AvgIpc) is 2.49. The molecule has 9 heteroatoms. The van der Waals surface area contributed by atoms with Crippen molar-refractivity contribution in [1.29, 1.82) is 0 Å². The van der Waals surface area contributed by atoms with Gasteiger partial charge in [0.1, 0.15) is 6.04 Å². The summed E-state index contributed by atoms with van der Waals surface area (Å²) in [4.78, 5) is 25.6. The van der Waals surface area contributed by atoms with Gasteiger partial charge in [-0.2, -0.15) is 5.10 Å². The molecule has 0 saturated carbocycles. The average molecular weight is 324 g/mol. The molecular formula is C13H16N4O4S. The number of aromatic nitrogens is 1. The molecule has 22 heavy (non-hydrogen) atoms. The molecule has 1 atom stereocenters. The van der Waals surface area contributed by atoms with E-state index < -0.39 is 18.0 Å². The number of carboxylic acids is 2. The zero-order valence-electron chi connectivity index (χ0n) is 11.8. The Bertz CT molecular complexity index is 577. The summed E-state index contributed by atoms with van der Waals surface area (Å²) in [5.41, 5.74) is 3.73. The number of aliphatic carboxylic acids is 2. The molecule has 0 radical (unpaired) electrons. The highest BCUT2D eigenvalue weighted by Gasteiger charge is 2.19. The highest BCUT2D eigenvalue weighted by molar-refractivity contribution is 7.80. The maximum atomic E-state index is 11.0. The Labute approximate surface area is 132 Å². The highest BCUT2D eigenvalue weighted by atomic mass is 32.1. The Morgan fingerprint density at radius 3 is 2.68 bits per heavy atom. The Morgan fingerprint density at radius 1 is 1.41 bits per heavy atom. The van der Waals surface area contributed by atoms with Crippen molar-refractivity contribution in [2.45, 2.75) is 25.8 Å². The quantitative estimate of drug-likeness (QED) is 0.326. The zero-order valence-corrected chi connectivity index (χ0v) is 12.6. The maximum absolute atomic E-state index is 11.0. The number of nitrogens with one attached hydrogen (secondary N) is 2. The monoisotopic (exact) mass is 324 g/mol. The van der Waals surface area contributed by atoms with E-state index in [0.717, 1.165) is 0 Å². The summed E-state index contributed by atoms with van der Waals surface area (Å²) in [6.45, 7) is 1.72. The van der Waals surface area contributed by atoms with Gasteiger partial charge in [-0.15, -0.1) is 0 Å². The molecule has 0 spiro atoms. The predicted molar refractivity (Wildman–Crippen MR) is 83.6 cm³/mol. The summed E-state index contributed by atoms with van der Waals surface area (Å²) in [6, 6.07) is 4.26. The minimum absolute atomic E-state index is 0.00642. The van der Waals surface area contributed by atoms with Crippen LogP contribution in [-0.2, 0) is 9.59 Å². The molecular weight excluding hydrogens is 308 g/mol. The van der Waals surface area contributed by atoms with Gasteiger partial charge in [0, 0.05) is 12.6 Å². The van der Waals surface area contributed by atoms with Crippen molar-refractivity contribution in [3.63, 3.8) is 0 Å². The summed E-state index contributed by atoms with van der Waals surface area (Å²) in [6.07, 6.45) is 1.26. The van der Waals surface area contributed by atoms with E-state index in [-0.39, 0.29) is 18.0 Å². The van der Waals surface area contributed by atoms with E-state index in [9.17, 15) is 9.59 Å². The van der Waals surface area contributed by atoms with E-state index >= 15 is 0 Å². The van der Waals surface area contributed by atoms with Crippen molar-refractivity contribution < 1.29 is 19.8 Å². The predicted octanol–water partition coefficient (Wildman–Crippen LogP) is 0.588. The molecule has 0 aliphatic carbocycles. The lowest BCUT2D eigenvalue weighted by Gasteiger charge is -2.15. The number of hydrogen-bond acceptors (Lipinski definition) is 5. The zero-order chi connectivity index (χ0) is 16.5. The van der Waals surface area contributed by atoms with Crippen molar-refractivity contribution in [1.82, 2.24) is 15.7 Å². The van der Waals surface area contributed by atoms with Crippen LogP contribution in [0.3, 0.4) is 0 Å². The second kappa shape index (κ2) is 8.67. The first-order valence-corrected chi connectivity index (χ1v) is 6.77. The largest absolute Gasteiger partial charge is 0.481 e. The highest BCUT2D eigenvalue weighted by Crippen LogP contribution is 1.99. The van der Waals surface area contributed by atoms with Crippen LogP contribution in [0.5, 0.6) is 0 Å². The number of carboxylic acid groups (broad SMARTS) is 2. The molecule has 0 bridgehead atoms. The Balaban J connectivity index is 2.56. The third-order valence-electron chi connectivity index (χ3n) is 2.61. The van der Waals surface area contributed by atoms with Gasteiger partial charge in [0.15, 0.2) is 5.11 Å². The van der Waals surface area contributed by atoms with Crippen LogP contribution in [-0.4, -0.2) is 44.0 Å². The van der Waals surface area contributed by atoms with Crippen molar-refractivity contribution in [2.75, 3.05) is 0 Å². The maximum Gasteiger partial charge on any atom is 0.326 e. The van der Waals surface area contributed by atoms with E-state index in [1.54, 1.807) is 25.3 Å². The van der Waals surface area contributed by atoms with Crippen LogP contribution in [0.25, 0.3) is 0 Å². The number of carbonyl (C=O) groups is 2. The molecule has 8 nitrogen and oxygen atoms in total. The van der Waals surface area contributed by atoms with E-state index in [0.29, 0.717) is 11.4 Å².